The molecule has 1 aliphatic rings. The van der Waals surface area contributed by atoms with Crippen LogP contribution in [0.3, 0.4) is 0 Å². The highest BCUT2D eigenvalue weighted by atomic mass is 16.5. The molecule has 10 heteroatoms. The van der Waals surface area contributed by atoms with Crippen molar-refractivity contribution in [1.82, 2.24) is 16.0 Å². The lowest BCUT2D eigenvalue weighted by Gasteiger charge is -2.25. The lowest BCUT2D eigenvalue weighted by molar-refractivity contribution is -0.130. The summed E-state index contributed by atoms with van der Waals surface area (Å²) < 4.78 is 23.1. The molecule has 6 aromatic carbocycles. The van der Waals surface area contributed by atoms with Crippen molar-refractivity contribution in [3.8, 4) is 28.4 Å². The monoisotopic (exact) mass is 845 g/mol. The summed E-state index contributed by atoms with van der Waals surface area (Å²) in [5.41, 5.74) is 10.1. The van der Waals surface area contributed by atoms with Crippen LogP contribution < -0.4 is 30.2 Å². The third kappa shape index (κ3) is 10.7. The summed E-state index contributed by atoms with van der Waals surface area (Å²) in [5.74, 6) is 0.761. The van der Waals surface area contributed by atoms with Crippen molar-refractivity contribution >= 4 is 17.9 Å². The minimum Gasteiger partial charge on any atom is -0.497 e. The van der Waals surface area contributed by atoms with E-state index in [0.717, 1.165) is 62.9 Å². The molecule has 3 amide bonds. The minimum absolute atomic E-state index is 0.101. The van der Waals surface area contributed by atoms with Gasteiger partial charge in [0.1, 0.15) is 29.9 Å². The number of benzene rings is 6. The molecule has 324 valence electrons. The largest absolute Gasteiger partial charge is 0.497 e. The molecule has 0 spiro atoms. The summed E-state index contributed by atoms with van der Waals surface area (Å²) in [4.78, 5) is 41.0. The Morgan fingerprint density at radius 2 is 1.17 bits per heavy atom. The van der Waals surface area contributed by atoms with Gasteiger partial charge in [0.05, 0.1) is 26.3 Å². The van der Waals surface area contributed by atoms with Crippen LogP contribution in [0.5, 0.6) is 17.2 Å². The van der Waals surface area contributed by atoms with E-state index >= 15 is 0 Å². The van der Waals surface area contributed by atoms with E-state index in [9.17, 15) is 14.4 Å². The SMILES string of the molecule is CCCCC(NC(=O)COc1ccc(C(NC(=O)OCC2c3ccccc3-c3ccccc32)c2ccc(OC)cc2OC)cc1)C(=O)NC(c1ccc(C)cc1)c1ccc(C)cc1. The van der Waals surface area contributed by atoms with Crippen LogP contribution in [0.1, 0.15) is 88.7 Å². The van der Waals surface area contributed by atoms with Crippen LogP contribution in [0.15, 0.2) is 140 Å². The molecule has 7 rings (SSSR count). The van der Waals surface area contributed by atoms with Gasteiger partial charge in [-0.1, -0.05) is 140 Å². The van der Waals surface area contributed by atoms with Crippen molar-refractivity contribution in [2.75, 3.05) is 27.4 Å². The number of ether oxygens (including phenoxy) is 4. The van der Waals surface area contributed by atoms with Gasteiger partial charge in [-0.15, -0.1) is 0 Å². The summed E-state index contributed by atoms with van der Waals surface area (Å²) in [6.07, 6.45) is 1.50. The highest BCUT2D eigenvalue weighted by Gasteiger charge is 2.30. The topological polar surface area (TPSA) is 124 Å². The fraction of sp³-hybridized carbons (Fsp3) is 0.264. The number of hydrogen-bond donors (Lipinski definition) is 3. The zero-order chi connectivity index (χ0) is 44.3. The van der Waals surface area contributed by atoms with E-state index in [-0.39, 0.29) is 25.0 Å². The van der Waals surface area contributed by atoms with Crippen molar-refractivity contribution in [3.63, 3.8) is 0 Å². The molecule has 0 radical (unpaired) electrons. The number of amides is 3. The third-order valence-electron chi connectivity index (χ3n) is 11.5. The van der Waals surface area contributed by atoms with Crippen molar-refractivity contribution in [2.24, 2.45) is 0 Å². The van der Waals surface area contributed by atoms with Crippen LogP contribution in [0.25, 0.3) is 11.1 Å². The zero-order valence-corrected chi connectivity index (χ0v) is 36.5. The average Bonchev–Trinajstić information content (AvgIpc) is 3.63. The number of carbonyl (C=O) groups excluding carboxylic acids is 3. The first-order valence-corrected chi connectivity index (χ1v) is 21.4. The molecule has 63 heavy (non-hydrogen) atoms. The van der Waals surface area contributed by atoms with E-state index < -0.39 is 30.1 Å². The van der Waals surface area contributed by atoms with Gasteiger partial charge in [0, 0.05) is 17.5 Å². The second-order valence-corrected chi connectivity index (χ2v) is 15.9. The Morgan fingerprint density at radius 3 is 1.75 bits per heavy atom. The van der Waals surface area contributed by atoms with Gasteiger partial charge in [-0.05, 0) is 83.5 Å². The number of aryl methyl sites for hydroxylation is 2. The predicted molar refractivity (Wildman–Crippen MR) is 245 cm³/mol. The summed E-state index contributed by atoms with van der Waals surface area (Å²) >= 11 is 0. The van der Waals surface area contributed by atoms with Gasteiger partial charge >= 0.3 is 6.09 Å². The number of methoxy groups -OCH3 is 2. The molecule has 10 nitrogen and oxygen atoms in total. The first-order valence-electron chi connectivity index (χ1n) is 21.4. The van der Waals surface area contributed by atoms with Gasteiger partial charge in [-0.2, -0.15) is 0 Å². The molecule has 2 atom stereocenters. The number of alkyl carbamates (subject to hydrolysis) is 1. The molecule has 0 heterocycles. The van der Waals surface area contributed by atoms with Crippen LogP contribution >= 0.6 is 0 Å². The van der Waals surface area contributed by atoms with E-state index in [4.69, 9.17) is 18.9 Å². The molecule has 0 bridgehead atoms. The molecule has 0 saturated heterocycles. The summed E-state index contributed by atoms with van der Waals surface area (Å²) in [6, 6.07) is 43.3. The maximum atomic E-state index is 13.9. The van der Waals surface area contributed by atoms with Crippen LogP contribution in [0.4, 0.5) is 4.79 Å². The van der Waals surface area contributed by atoms with Crippen molar-refractivity contribution in [2.45, 2.75) is 64.1 Å². The van der Waals surface area contributed by atoms with E-state index in [2.05, 4.69) is 40.2 Å². The Morgan fingerprint density at radius 1 is 0.619 bits per heavy atom. The Labute approximate surface area is 370 Å². The third-order valence-corrected chi connectivity index (χ3v) is 11.5. The molecule has 2 unspecified atom stereocenters. The van der Waals surface area contributed by atoms with Crippen LogP contribution in [-0.2, 0) is 14.3 Å². The summed E-state index contributed by atoms with van der Waals surface area (Å²) in [6.45, 7) is 5.96. The molecule has 0 aromatic heterocycles. The second kappa shape index (κ2) is 20.7. The molecular formula is C53H55N3O7. The van der Waals surface area contributed by atoms with E-state index in [1.54, 1.807) is 38.5 Å². The average molecular weight is 846 g/mol. The van der Waals surface area contributed by atoms with Crippen molar-refractivity contribution < 1.29 is 33.3 Å². The number of fused-ring (bicyclic) bond motifs is 3. The Bertz CT molecular complexity index is 2410. The molecule has 6 aromatic rings. The smallest absolute Gasteiger partial charge is 0.407 e. The molecule has 0 fully saturated rings. The summed E-state index contributed by atoms with van der Waals surface area (Å²) in [5, 5.41) is 9.21. The Hall–Kier alpha value is -7.07. The van der Waals surface area contributed by atoms with Gasteiger partial charge in [0.25, 0.3) is 5.91 Å². The number of hydrogen-bond acceptors (Lipinski definition) is 7. The standard InChI is InChI=1S/C53H55N3O7/c1-6-7-16-47(52(58)55-50(36-21-17-34(2)18-22-36)37-23-19-35(3)20-24-37)54-49(57)33-62-39-27-25-38(26-28-39)51(45-30-29-40(60-4)31-48(45)61-5)56-53(59)63-32-46-43-14-10-8-12-41(43)42-13-9-11-15-44(42)46/h8-15,17-31,46-47,50-51H,6-7,16,32-33H2,1-5H3,(H,54,57)(H,55,58)(H,56,59). The van der Waals surface area contributed by atoms with Crippen LogP contribution in [-0.4, -0.2) is 51.4 Å². The first-order chi connectivity index (χ1) is 30.6. The quantitative estimate of drug-likeness (QED) is 0.0787. The predicted octanol–water partition coefficient (Wildman–Crippen LogP) is 9.91. The molecule has 0 saturated carbocycles. The van der Waals surface area contributed by atoms with Gasteiger partial charge in [0.2, 0.25) is 5.91 Å². The van der Waals surface area contributed by atoms with E-state index in [1.165, 1.54) is 0 Å². The van der Waals surface area contributed by atoms with E-state index in [1.807, 2.05) is 112 Å². The number of unbranched alkanes of at least 4 members (excludes halogenated alkanes) is 1. The Kier molecular flexibility index (Phi) is 14.4. The van der Waals surface area contributed by atoms with Gasteiger partial charge < -0.3 is 34.9 Å². The number of carbonyl (C=O) groups is 3. The fourth-order valence-electron chi connectivity index (χ4n) is 8.09. The molecule has 3 N–H and O–H groups in total. The number of rotatable bonds is 18. The minimum atomic E-state index is -0.758. The number of nitrogens with one attached hydrogen (secondary N) is 3. The van der Waals surface area contributed by atoms with E-state index in [0.29, 0.717) is 29.2 Å². The lowest BCUT2D eigenvalue weighted by atomic mass is 9.96. The highest BCUT2D eigenvalue weighted by Crippen LogP contribution is 2.44. The van der Waals surface area contributed by atoms with Gasteiger partial charge in [0.15, 0.2) is 6.61 Å². The molecule has 0 aliphatic heterocycles. The fourth-order valence-corrected chi connectivity index (χ4v) is 8.09. The summed E-state index contributed by atoms with van der Waals surface area (Å²) in [7, 11) is 3.14. The van der Waals surface area contributed by atoms with Gasteiger partial charge in [-0.3, -0.25) is 9.59 Å². The van der Waals surface area contributed by atoms with Crippen LogP contribution in [0, 0.1) is 13.8 Å². The maximum Gasteiger partial charge on any atom is 0.407 e. The van der Waals surface area contributed by atoms with Gasteiger partial charge in [-0.25, -0.2) is 4.79 Å². The van der Waals surface area contributed by atoms with Crippen molar-refractivity contribution in [1.29, 1.82) is 0 Å². The first kappa shape index (κ1) is 44.0. The highest BCUT2D eigenvalue weighted by molar-refractivity contribution is 5.88. The molecular weight excluding hydrogens is 791 g/mol. The normalized spacial score (nSPS) is 12.7. The van der Waals surface area contributed by atoms with Crippen molar-refractivity contribution in [3.05, 3.63) is 184 Å². The zero-order valence-electron chi connectivity index (χ0n) is 36.5. The maximum absolute atomic E-state index is 13.9. The second-order valence-electron chi connectivity index (χ2n) is 15.9. The Balaban J connectivity index is 1.03. The lowest BCUT2D eigenvalue weighted by Crippen LogP contribution is -2.49. The molecule has 1 aliphatic carbocycles. The van der Waals surface area contributed by atoms with Crippen LogP contribution in [0.2, 0.25) is 0 Å².